The van der Waals surface area contributed by atoms with Gasteiger partial charge in [0.15, 0.2) is 0 Å². The SMILES string of the molecule is NC(=O)c1c(Cl)nc(N)nc1-c1ccc(Cl)cc1. The van der Waals surface area contributed by atoms with Crippen molar-refractivity contribution in [2.75, 3.05) is 5.73 Å². The van der Waals surface area contributed by atoms with Crippen LogP contribution in [0.25, 0.3) is 11.3 Å². The van der Waals surface area contributed by atoms with Crippen molar-refractivity contribution < 1.29 is 4.79 Å². The Morgan fingerprint density at radius 2 is 1.72 bits per heavy atom. The van der Waals surface area contributed by atoms with E-state index < -0.39 is 5.91 Å². The van der Waals surface area contributed by atoms with E-state index in [1.54, 1.807) is 24.3 Å². The van der Waals surface area contributed by atoms with E-state index in [0.29, 0.717) is 10.6 Å². The first-order chi connectivity index (χ1) is 8.49. The second-order valence-electron chi connectivity index (χ2n) is 3.47. The molecule has 0 spiro atoms. The van der Waals surface area contributed by atoms with Crippen LogP contribution in [-0.2, 0) is 0 Å². The molecule has 4 N–H and O–H groups in total. The minimum atomic E-state index is -0.718. The lowest BCUT2D eigenvalue weighted by molar-refractivity contribution is 0.100. The lowest BCUT2D eigenvalue weighted by Crippen LogP contribution is -2.16. The molecular formula is C11H8Cl2N4O. The van der Waals surface area contributed by atoms with E-state index in [2.05, 4.69) is 9.97 Å². The maximum absolute atomic E-state index is 11.4. The smallest absolute Gasteiger partial charge is 0.254 e. The summed E-state index contributed by atoms with van der Waals surface area (Å²) in [5.41, 5.74) is 11.7. The van der Waals surface area contributed by atoms with E-state index in [0.717, 1.165) is 0 Å². The van der Waals surface area contributed by atoms with Gasteiger partial charge in [-0.1, -0.05) is 35.3 Å². The molecule has 1 amide bonds. The van der Waals surface area contributed by atoms with E-state index in [-0.39, 0.29) is 22.4 Å². The standard InChI is InChI=1S/C11H8Cl2N4O/c12-6-3-1-5(2-4-6)8-7(10(14)18)9(13)17-11(15)16-8/h1-4H,(H2,14,18)(H2,15,16,17). The third-order valence-electron chi connectivity index (χ3n) is 2.25. The largest absolute Gasteiger partial charge is 0.368 e. The van der Waals surface area contributed by atoms with Gasteiger partial charge in [-0.3, -0.25) is 4.79 Å². The highest BCUT2D eigenvalue weighted by molar-refractivity contribution is 6.33. The maximum atomic E-state index is 11.4. The first-order valence-corrected chi connectivity index (χ1v) is 5.63. The highest BCUT2D eigenvalue weighted by Gasteiger charge is 2.18. The van der Waals surface area contributed by atoms with Gasteiger partial charge in [0, 0.05) is 10.6 Å². The quantitative estimate of drug-likeness (QED) is 0.825. The zero-order valence-corrected chi connectivity index (χ0v) is 10.5. The van der Waals surface area contributed by atoms with Crippen molar-refractivity contribution in [2.45, 2.75) is 0 Å². The number of nitrogens with two attached hydrogens (primary N) is 2. The maximum Gasteiger partial charge on any atom is 0.254 e. The highest BCUT2D eigenvalue weighted by Crippen LogP contribution is 2.27. The van der Waals surface area contributed by atoms with Crippen molar-refractivity contribution in [3.8, 4) is 11.3 Å². The van der Waals surface area contributed by atoms with Crippen LogP contribution in [0.1, 0.15) is 10.4 Å². The van der Waals surface area contributed by atoms with Gasteiger partial charge >= 0.3 is 0 Å². The minimum absolute atomic E-state index is 0.0325. The fourth-order valence-corrected chi connectivity index (χ4v) is 1.88. The number of hydrogen-bond donors (Lipinski definition) is 2. The summed E-state index contributed by atoms with van der Waals surface area (Å²) in [6, 6.07) is 6.70. The summed E-state index contributed by atoms with van der Waals surface area (Å²) in [6.45, 7) is 0. The number of benzene rings is 1. The average Bonchev–Trinajstić information content (AvgIpc) is 2.28. The molecule has 0 radical (unpaired) electrons. The fourth-order valence-electron chi connectivity index (χ4n) is 1.48. The van der Waals surface area contributed by atoms with Crippen molar-refractivity contribution in [2.24, 2.45) is 5.73 Å². The second kappa shape index (κ2) is 4.80. The third-order valence-corrected chi connectivity index (χ3v) is 2.77. The molecule has 1 heterocycles. The number of primary amides is 1. The summed E-state index contributed by atoms with van der Waals surface area (Å²) in [7, 11) is 0. The number of anilines is 1. The van der Waals surface area contributed by atoms with Crippen molar-refractivity contribution in [1.29, 1.82) is 0 Å². The minimum Gasteiger partial charge on any atom is -0.368 e. The Hall–Kier alpha value is -1.85. The molecule has 1 aromatic carbocycles. The molecule has 0 bridgehead atoms. The van der Waals surface area contributed by atoms with Gasteiger partial charge < -0.3 is 11.5 Å². The molecule has 1 aromatic heterocycles. The molecule has 0 aliphatic heterocycles. The topological polar surface area (TPSA) is 94.9 Å². The first kappa shape index (κ1) is 12.6. The summed E-state index contributed by atoms with van der Waals surface area (Å²) < 4.78 is 0. The van der Waals surface area contributed by atoms with E-state index in [1.807, 2.05) is 0 Å². The van der Waals surface area contributed by atoms with Gasteiger partial charge in [0.25, 0.3) is 5.91 Å². The zero-order valence-electron chi connectivity index (χ0n) is 9.02. The van der Waals surface area contributed by atoms with Crippen LogP contribution in [0.4, 0.5) is 5.95 Å². The van der Waals surface area contributed by atoms with Crippen LogP contribution in [0.5, 0.6) is 0 Å². The van der Waals surface area contributed by atoms with Crippen LogP contribution in [0.3, 0.4) is 0 Å². The molecule has 2 rings (SSSR count). The van der Waals surface area contributed by atoms with Gasteiger partial charge in [-0.05, 0) is 12.1 Å². The van der Waals surface area contributed by atoms with E-state index in [1.165, 1.54) is 0 Å². The Kier molecular flexibility index (Phi) is 3.36. The molecule has 0 aliphatic rings. The van der Waals surface area contributed by atoms with Crippen LogP contribution in [0.2, 0.25) is 10.2 Å². The van der Waals surface area contributed by atoms with Gasteiger partial charge in [0.2, 0.25) is 5.95 Å². The highest BCUT2D eigenvalue weighted by atomic mass is 35.5. The number of amides is 1. The van der Waals surface area contributed by atoms with Crippen molar-refractivity contribution in [3.05, 3.63) is 40.0 Å². The lowest BCUT2D eigenvalue weighted by Gasteiger charge is -2.08. The Morgan fingerprint density at radius 3 is 2.28 bits per heavy atom. The molecular weight excluding hydrogens is 275 g/mol. The molecule has 0 saturated carbocycles. The van der Waals surface area contributed by atoms with E-state index in [4.69, 9.17) is 34.7 Å². The number of halogens is 2. The van der Waals surface area contributed by atoms with Crippen molar-refractivity contribution in [1.82, 2.24) is 9.97 Å². The molecule has 0 atom stereocenters. The Bertz CT molecular complexity index is 613. The van der Waals surface area contributed by atoms with Crippen molar-refractivity contribution in [3.63, 3.8) is 0 Å². The number of nitrogen functional groups attached to an aromatic ring is 1. The van der Waals surface area contributed by atoms with E-state index in [9.17, 15) is 4.79 Å². The number of rotatable bonds is 2. The Labute approximate surface area is 113 Å². The van der Waals surface area contributed by atoms with Crippen LogP contribution in [0.15, 0.2) is 24.3 Å². The van der Waals surface area contributed by atoms with Gasteiger partial charge in [-0.2, -0.15) is 0 Å². The predicted octanol–water partition coefficient (Wildman–Crippen LogP) is 2.13. The molecule has 2 aromatic rings. The second-order valence-corrected chi connectivity index (χ2v) is 4.26. The average molecular weight is 283 g/mol. The predicted molar refractivity (Wildman–Crippen MR) is 70.4 cm³/mol. The fraction of sp³-hybridized carbons (Fsp3) is 0. The molecule has 18 heavy (non-hydrogen) atoms. The first-order valence-electron chi connectivity index (χ1n) is 4.88. The van der Waals surface area contributed by atoms with Crippen LogP contribution in [-0.4, -0.2) is 15.9 Å². The summed E-state index contributed by atoms with van der Waals surface area (Å²) in [4.78, 5) is 19.1. The molecule has 92 valence electrons. The van der Waals surface area contributed by atoms with Gasteiger partial charge in [0.05, 0.1) is 5.69 Å². The molecule has 5 nitrogen and oxygen atoms in total. The summed E-state index contributed by atoms with van der Waals surface area (Å²) >= 11 is 11.6. The Morgan fingerprint density at radius 1 is 1.11 bits per heavy atom. The number of aromatic nitrogens is 2. The van der Waals surface area contributed by atoms with Crippen LogP contribution >= 0.6 is 23.2 Å². The van der Waals surface area contributed by atoms with E-state index >= 15 is 0 Å². The van der Waals surface area contributed by atoms with Gasteiger partial charge in [0.1, 0.15) is 10.7 Å². The number of hydrogen-bond acceptors (Lipinski definition) is 4. The normalized spacial score (nSPS) is 10.3. The number of carbonyl (C=O) groups excluding carboxylic acids is 1. The molecule has 0 fully saturated rings. The zero-order chi connectivity index (χ0) is 13.3. The third kappa shape index (κ3) is 2.37. The lowest BCUT2D eigenvalue weighted by atomic mass is 10.1. The molecule has 0 unspecified atom stereocenters. The van der Waals surface area contributed by atoms with Crippen LogP contribution < -0.4 is 11.5 Å². The molecule has 0 aliphatic carbocycles. The summed E-state index contributed by atoms with van der Waals surface area (Å²) in [5.74, 6) is -0.750. The number of carbonyl (C=O) groups is 1. The summed E-state index contributed by atoms with van der Waals surface area (Å²) in [6.07, 6.45) is 0. The van der Waals surface area contributed by atoms with Gasteiger partial charge in [-0.15, -0.1) is 0 Å². The van der Waals surface area contributed by atoms with Crippen molar-refractivity contribution >= 4 is 35.1 Å². The summed E-state index contributed by atoms with van der Waals surface area (Å²) in [5, 5.41) is 0.493. The molecule has 0 saturated heterocycles. The van der Waals surface area contributed by atoms with Crippen LogP contribution in [0, 0.1) is 0 Å². The number of nitrogens with zero attached hydrogens (tertiary/aromatic N) is 2. The Balaban J connectivity index is 2.69. The van der Waals surface area contributed by atoms with Gasteiger partial charge in [-0.25, -0.2) is 9.97 Å². The monoisotopic (exact) mass is 282 g/mol. The molecule has 7 heteroatoms.